The van der Waals surface area contributed by atoms with Crippen molar-refractivity contribution in [2.24, 2.45) is 0 Å². The number of carboxylic acids is 1. The maximum Gasteiger partial charge on any atom is 0.335 e. The van der Waals surface area contributed by atoms with Crippen molar-refractivity contribution in [1.82, 2.24) is 0 Å². The van der Waals surface area contributed by atoms with Crippen LogP contribution < -0.4 is 5.11 Å². The van der Waals surface area contributed by atoms with Gasteiger partial charge in [-0.05, 0) is 22.0 Å². The van der Waals surface area contributed by atoms with Crippen molar-refractivity contribution in [3.8, 4) is 5.75 Å². The highest BCUT2D eigenvalue weighted by Crippen LogP contribution is 2.37. The lowest BCUT2D eigenvalue weighted by Gasteiger charge is -2.31. The second-order valence-electron chi connectivity index (χ2n) is 6.67. The lowest BCUT2D eigenvalue weighted by Crippen LogP contribution is -2.23. The van der Waals surface area contributed by atoms with Gasteiger partial charge >= 0.3 is 5.97 Å². The van der Waals surface area contributed by atoms with Gasteiger partial charge < -0.3 is 10.2 Å². The van der Waals surface area contributed by atoms with E-state index < -0.39 is 5.97 Å². The van der Waals surface area contributed by atoms with Gasteiger partial charge in [0.2, 0.25) is 0 Å². The Kier molecular flexibility index (Phi) is 3.48. The molecule has 0 radical (unpaired) electrons. The molecule has 1 N–H and O–H groups in total. The average Bonchev–Trinajstić information content (AvgIpc) is 2.12. The molecule has 3 heteroatoms. The summed E-state index contributed by atoms with van der Waals surface area (Å²) in [6.07, 6.45) is 0. The number of carbonyl (C=O) groups is 1. The van der Waals surface area contributed by atoms with Gasteiger partial charge in [-0.1, -0.05) is 59.4 Å². The minimum absolute atomic E-state index is 0.0880. The second-order valence-corrected chi connectivity index (χ2v) is 6.67. The maximum atomic E-state index is 12.3. The first-order valence-electron chi connectivity index (χ1n) is 6.04. The van der Waals surface area contributed by atoms with Crippen LogP contribution in [0.25, 0.3) is 0 Å². The number of hydrogen-bond donors (Lipinski definition) is 1. The quantitative estimate of drug-likeness (QED) is 0.832. The zero-order valence-electron chi connectivity index (χ0n) is 11.9. The third-order valence-electron chi connectivity index (χ3n) is 2.99. The van der Waals surface area contributed by atoms with Gasteiger partial charge in [0.25, 0.3) is 0 Å². The van der Waals surface area contributed by atoms with Crippen LogP contribution in [0.2, 0.25) is 0 Å². The lowest BCUT2D eigenvalue weighted by molar-refractivity contribution is -0.270. The Hall–Kier alpha value is -1.51. The fourth-order valence-electron chi connectivity index (χ4n) is 2.01. The molecule has 0 saturated carbocycles. The summed E-state index contributed by atoms with van der Waals surface area (Å²) >= 11 is 0. The van der Waals surface area contributed by atoms with Gasteiger partial charge in [0.05, 0.1) is 5.56 Å². The fourth-order valence-corrected chi connectivity index (χ4v) is 2.01. The summed E-state index contributed by atoms with van der Waals surface area (Å²) in [5.74, 6) is -1.50. The summed E-state index contributed by atoms with van der Waals surface area (Å²) in [4.78, 5) is 11.4. The van der Waals surface area contributed by atoms with E-state index in [0.717, 1.165) is 0 Å². The number of aromatic carboxylic acids is 1. The molecule has 0 fully saturated rings. The van der Waals surface area contributed by atoms with Crippen LogP contribution in [0.15, 0.2) is 12.1 Å². The highest BCUT2D eigenvalue weighted by molar-refractivity contribution is 5.93. The van der Waals surface area contributed by atoms with Crippen LogP contribution >= 0.6 is 0 Å². The van der Waals surface area contributed by atoms with Crippen LogP contribution in [0.5, 0.6) is 5.75 Å². The standard InChI is InChI=1S/C15H22O3/c1-14(2,3)9-7-8-10(15(4,5)6)12(16)11(9)13(17)18/h7-8,16H,1-6H3,(H,17,18)/p-1. The van der Waals surface area contributed by atoms with E-state index in [1.165, 1.54) is 0 Å². The molecule has 1 rings (SSSR count). The van der Waals surface area contributed by atoms with Crippen molar-refractivity contribution >= 4 is 5.97 Å². The molecular weight excluding hydrogens is 228 g/mol. The first-order chi connectivity index (χ1) is 7.96. The van der Waals surface area contributed by atoms with Gasteiger partial charge in [0, 0.05) is 0 Å². The zero-order chi connectivity index (χ0) is 14.3. The number of hydrogen-bond acceptors (Lipinski definition) is 2. The van der Waals surface area contributed by atoms with E-state index >= 15 is 0 Å². The highest BCUT2D eigenvalue weighted by atomic mass is 16.4. The molecule has 0 saturated heterocycles. The van der Waals surface area contributed by atoms with Crippen molar-refractivity contribution in [2.75, 3.05) is 0 Å². The van der Waals surface area contributed by atoms with Crippen LogP contribution in [0.3, 0.4) is 0 Å². The van der Waals surface area contributed by atoms with Crippen LogP contribution in [0, 0.1) is 0 Å². The summed E-state index contributed by atoms with van der Waals surface area (Å²) in [5, 5.41) is 21.6. The third kappa shape index (κ3) is 2.66. The first-order valence-corrected chi connectivity index (χ1v) is 6.04. The van der Waals surface area contributed by atoms with E-state index in [1.54, 1.807) is 12.1 Å². The average molecular weight is 249 g/mol. The largest absolute Gasteiger partial charge is 0.872 e. The van der Waals surface area contributed by atoms with Crippen LogP contribution in [-0.4, -0.2) is 11.1 Å². The molecule has 100 valence electrons. The molecule has 0 bridgehead atoms. The highest BCUT2D eigenvalue weighted by Gasteiger charge is 2.25. The Morgan fingerprint density at radius 1 is 1.00 bits per heavy atom. The molecule has 1 aromatic rings. The second kappa shape index (κ2) is 4.30. The van der Waals surface area contributed by atoms with Crippen LogP contribution in [0.1, 0.15) is 63.0 Å². The minimum Gasteiger partial charge on any atom is -0.872 e. The summed E-state index contributed by atoms with van der Waals surface area (Å²) in [6.45, 7) is 11.4. The minimum atomic E-state index is -1.14. The van der Waals surface area contributed by atoms with Crippen molar-refractivity contribution < 1.29 is 15.0 Å². The molecule has 0 spiro atoms. The SMILES string of the molecule is CC(C)(C)c1ccc(C(C)(C)C)c(C(=O)O)c1[O-]. The fraction of sp³-hybridized carbons (Fsp3) is 0.533. The van der Waals surface area contributed by atoms with Gasteiger partial charge in [-0.2, -0.15) is 0 Å². The Morgan fingerprint density at radius 2 is 1.39 bits per heavy atom. The smallest absolute Gasteiger partial charge is 0.335 e. The predicted octanol–water partition coefficient (Wildman–Crippen LogP) is 3.05. The molecule has 0 unspecified atom stereocenters. The van der Waals surface area contributed by atoms with Gasteiger partial charge in [0.15, 0.2) is 0 Å². The molecule has 0 atom stereocenters. The van der Waals surface area contributed by atoms with E-state index in [0.29, 0.717) is 11.1 Å². The van der Waals surface area contributed by atoms with E-state index in [1.807, 2.05) is 41.5 Å². The number of benzene rings is 1. The third-order valence-corrected chi connectivity index (χ3v) is 2.99. The first kappa shape index (κ1) is 14.6. The van der Waals surface area contributed by atoms with E-state index in [9.17, 15) is 15.0 Å². The van der Waals surface area contributed by atoms with Crippen LogP contribution in [-0.2, 0) is 10.8 Å². The monoisotopic (exact) mass is 249 g/mol. The summed E-state index contributed by atoms with van der Waals surface area (Å²) in [6, 6.07) is 3.53. The molecule has 1 aromatic carbocycles. The summed E-state index contributed by atoms with van der Waals surface area (Å²) in [7, 11) is 0. The van der Waals surface area contributed by atoms with E-state index in [4.69, 9.17) is 0 Å². The van der Waals surface area contributed by atoms with Gasteiger partial charge in [0.1, 0.15) is 0 Å². The summed E-state index contributed by atoms with van der Waals surface area (Å²) in [5.41, 5.74) is 0.344. The number of rotatable bonds is 1. The normalized spacial score (nSPS) is 12.6. The molecule has 3 nitrogen and oxygen atoms in total. The Morgan fingerprint density at radius 3 is 1.72 bits per heavy atom. The van der Waals surface area contributed by atoms with Gasteiger partial charge in [-0.15, -0.1) is 0 Å². The van der Waals surface area contributed by atoms with Crippen molar-refractivity contribution in [2.45, 2.75) is 52.4 Å². The molecule has 0 aliphatic carbocycles. The van der Waals surface area contributed by atoms with Gasteiger partial charge in [-0.3, -0.25) is 0 Å². The Bertz CT molecular complexity index is 474. The molecule has 0 heterocycles. The summed E-state index contributed by atoms with van der Waals surface area (Å²) < 4.78 is 0. The zero-order valence-corrected chi connectivity index (χ0v) is 11.9. The number of carboxylic acid groups (broad SMARTS) is 1. The van der Waals surface area contributed by atoms with Crippen molar-refractivity contribution in [3.63, 3.8) is 0 Å². The Balaban J connectivity index is 3.64. The maximum absolute atomic E-state index is 12.3. The Labute approximate surface area is 108 Å². The van der Waals surface area contributed by atoms with Crippen molar-refractivity contribution in [1.29, 1.82) is 0 Å². The van der Waals surface area contributed by atoms with E-state index in [2.05, 4.69) is 0 Å². The van der Waals surface area contributed by atoms with Gasteiger partial charge in [-0.25, -0.2) is 4.79 Å². The molecule has 0 amide bonds. The van der Waals surface area contributed by atoms with Crippen molar-refractivity contribution in [3.05, 3.63) is 28.8 Å². The molecule has 0 aliphatic heterocycles. The molecule has 18 heavy (non-hydrogen) atoms. The predicted molar refractivity (Wildman–Crippen MR) is 70.2 cm³/mol. The molecular formula is C15H21O3-. The van der Waals surface area contributed by atoms with Crippen LogP contribution in [0.4, 0.5) is 0 Å². The molecule has 0 aliphatic rings. The topological polar surface area (TPSA) is 60.4 Å². The lowest BCUT2D eigenvalue weighted by atomic mass is 9.78. The van der Waals surface area contributed by atoms with E-state index in [-0.39, 0.29) is 22.1 Å². The molecule has 0 aromatic heterocycles.